The summed E-state index contributed by atoms with van der Waals surface area (Å²) >= 11 is 0. The first-order valence-corrected chi connectivity index (χ1v) is 6.29. The Kier molecular flexibility index (Phi) is 7.71. The minimum atomic E-state index is 0.665. The summed E-state index contributed by atoms with van der Waals surface area (Å²) in [6, 6.07) is 2.15. The van der Waals surface area contributed by atoms with E-state index in [0.717, 1.165) is 26.2 Å². The van der Waals surface area contributed by atoms with Crippen LogP contribution < -0.4 is 5.32 Å². The van der Waals surface area contributed by atoms with Crippen molar-refractivity contribution in [2.24, 2.45) is 0 Å². The minimum Gasteiger partial charge on any atom is -0.382 e. The van der Waals surface area contributed by atoms with Crippen molar-refractivity contribution in [3.05, 3.63) is 24.0 Å². The summed E-state index contributed by atoms with van der Waals surface area (Å²) in [6.45, 7) is 7.17. The summed E-state index contributed by atoms with van der Waals surface area (Å²) in [4.78, 5) is 0. The number of rotatable bonds is 10. The van der Waals surface area contributed by atoms with Crippen LogP contribution in [0.25, 0.3) is 0 Å². The molecule has 0 spiro atoms. The third kappa shape index (κ3) is 6.46. The molecule has 1 rings (SSSR count). The Labute approximate surface area is 104 Å². The molecule has 0 aliphatic rings. The number of nitrogens with zero attached hydrogens (tertiary/aromatic N) is 1. The summed E-state index contributed by atoms with van der Waals surface area (Å²) in [5.41, 5.74) is 1.33. The summed E-state index contributed by atoms with van der Waals surface area (Å²) in [7, 11) is 1.69. The molecule has 0 saturated carbocycles. The van der Waals surface area contributed by atoms with Crippen LogP contribution in [0, 0.1) is 0 Å². The largest absolute Gasteiger partial charge is 0.382 e. The average Bonchev–Trinajstić information content (AvgIpc) is 2.77. The molecule has 98 valence electrons. The van der Waals surface area contributed by atoms with E-state index in [1.165, 1.54) is 12.0 Å². The van der Waals surface area contributed by atoms with Crippen LogP contribution in [-0.4, -0.2) is 38.0 Å². The van der Waals surface area contributed by atoms with E-state index in [-0.39, 0.29) is 0 Å². The van der Waals surface area contributed by atoms with E-state index >= 15 is 0 Å². The zero-order chi connectivity index (χ0) is 12.3. The maximum absolute atomic E-state index is 5.42. The molecule has 1 aromatic heterocycles. The van der Waals surface area contributed by atoms with Gasteiger partial charge in [0.2, 0.25) is 0 Å². The Hall–Kier alpha value is -0.840. The summed E-state index contributed by atoms with van der Waals surface area (Å²) in [5, 5.41) is 3.39. The van der Waals surface area contributed by atoms with Gasteiger partial charge >= 0.3 is 0 Å². The Morgan fingerprint density at radius 3 is 2.94 bits per heavy atom. The van der Waals surface area contributed by atoms with Gasteiger partial charge in [-0.05, 0) is 24.6 Å². The lowest BCUT2D eigenvalue weighted by Gasteiger charge is -2.04. The summed E-state index contributed by atoms with van der Waals surface area (Å²) in [6.07, 6.45) is 5.44. The van der Waals surface area contributed by atoms with Crippen molar-refractivity contribution < 1.29 is 9.47 Å². The molecule has 0 saturated heterocycles. The molecule has 0 aliphatic heterocycles. The Bertz CT molecular complexity index is 287. The molecule has 0 aromatic carbocycles. The quantitative estimate of drug-likeness (QED) is 0.632. The van der Waals surface area contributed by atoms with Gasteiger partial charge in [-0.2, -0.15) is 0 Å². The van der Waals surface area contributed by atoms with E-state index in [1.54, 1.807) is 7.11 Å². The summed E-state index contributed by atoms with van der Waals surface area (Å²) in [5.74, 6) is 0. The van der Waals surface area contributed by atoms with Crippen molar-refractivity contribution in [2.75, 3.05) is 33.5 Å². The second-order valence-corrected chi connectivity index (χ2v) is 4.04. The smallest absolute Gasteiger partial charge is 0.0701 e. The Balaban J connectivity index is 2.12. The highest BCUT2D eigenvalue weighted by atomic mass is 16.5. The molecule has 4 nitrogen and oxygen atoms in total. The van der Waals surface area contributed by atoms with Gasteiger partial charge in [0.05, 0.1) is 19.8 Å². The molecular formula is C13H24N2O2. The van der Waals surface area contributed by atoms with Crippen LogP contribution in [0.4, 0.5) is 0 Å². The Morgan fingerprint density at radius 2 is 2.18 bits per heavy atom. The van der Waals surface area contributed by atoms with Crippen molar-refractivity contribution in [3.8, 4) is 0 Å². The fraction of sp³-hybridized carbons (Fsp3) is 0.692. The van der Waals surface area contributed by atoms with Crippen LogP contribution in [0.5, 0.6) is 0 Å². The molecule has 0 amide bonds. The minimum absolute atomic E-state index is 0.665. The molecule has 0 unspecified atom stereocenters. The van der Waals surface area contributed by atoms with Crippen LogP contribution in [0.3, 0.4) is 0 Å². The SMILES string of the molecule is CCCNCc1ccn(CCOCCOC)c1. The third-order valence-corrected chi connectivity index (χ3v) is 2.49. The molecule has 4 heteroatoms. The topological polar surface area (TPSA) is 35.4 Å². The van der Waals surface area contributed by atoms with E-state index in [0.29, 0.717) is 13.2 Å². The molecule has 1 N–H and O–H groups in total. The predicted octanol–water partition coefficient (Wildman–Crippen LogP) is 1.65. The first kappa shape index (κ1) is 14.2. The average molecular weight is 240 g/mol. The van der Waals surface area contributed by atoms with Gasteiger partial charge in [-0.25, -0.2) is 0 Å². The normalized spacial score (nSPS) is 10.9. The van der Waals surface area contributed by atoms with E-state index in [9.17, 15) is 0 Å². The first-order valence-electron chi connectivity index (χ1n) is 6.29. The van der Waals surface area contributed by atoms with Gasteiger partial charge in [0.15, 0.2) is 0 Å². The molecule has 0 atom stereocenters. The number of nitrogens with one attached hydrogen (secondary N) is 1. The highest BCUT2D eigenvalue weighted by molar-refractivity contribution is 5.09. The van der Waals surface area contributed by atoms with Crippen LogP contribution in [0.2, 0.25) is 0 Å². The lowest BCUT2D eigenvalue weighted by atomic mass is 10.3. The lowest BCUT2D eigenvalue weighted by Crippen LogP contribution is -2.13. The predicted molar refractivity (Wildman–Crippen MR) is 69.1 cm³/mol. The highest BCUT2D eigenvalue weighted by Crippen LogP contribution is 2.01. The van der Waals surface area contributed by atoms with E-state index < -0.39 is 0 Å². The zero-order valence-electron chi connectivity index (χ0n) is 10.9. The second kappa shape index (κ2) is 9.22. The van der Waals surface area contributed by atoms with Crippen molar-refractivity contribution in [2.45, 2.75) is 26.4 Å². The van der Waals surface area contributed by atoms with Gasteiger partial charge < -0.3 is 19.4 Å². The van der Waals surface area contributed by atoms with Crippen molar-refractivity contribution >= 4 is 0 Å². The number of hydrogen-bond acceptors (Lipinski definition) is 3. The van der Waals surface area contributed by atoms with Gasteiger partial charge in [-0.1, -0.05) is 6.92 Å². The van der Waals surface area contributed by atoms with E-state index in [1.807, 2.05) is 0 Å². The lowest BCUT2D eigenvalue weighted by molar-refractivity contribution is 0.0666. The van der Waals surface area contributed by atoms with E-state index in [2.05, 4.69) is 35.3 Å². The number of hydrogen-bond donors (Lipinski definition) is 1. The standard InChI is InChI=1S/C13H24N2O2/c1-3-5-14-11-13-4-6-15(12-13)7-8-17-10-9-16-2/h4,6,12,14H,3,5,7-11H2,1-2H3. The second-order valence-electron chi connectivity index (χ2n) is 4.04. The molecule has 1 heterocycles. The molecular weight excluding hydrogens is 216 g/mol. The van der Waals surface area contributed by atoms with Gasteiger partial charge in [0, 0.05) is 32.6 Å². The van der Waals surface area contributed by atoms with Crippen LogP contribution in [0.15, 0.2) is 18.5 Å². The van der Waals surface area contributed by atoms with Crippen LogP contribution in [-0.2, 0) is 22.6 Å². The number of ether oxygens (including phenoxy) is 2. The molecule has 1 aromatic rings. The molecule has 0 bridgehead atoms. The first-order chi connectivity index (χ1) is 8.36. The van der Waals surface area contributed by atoms with Crippen LogP contribution >= 0.6 is 0 Å². The van der Waals surface area contributed by atoms with E-state index in [4.69, 9.17) is 9.47 Å². The van der Waals surface area contributed by atoms with Crippen molar-refractivity contribution in [1.82, 2.24) is 9.88 Å². The molecule has 0 fully saturated rings. The maximum Gasteiger partial charge on any atom is 0.0701 e. The van der Waals surface area contributed by atoms with Gasteiger partial charge in [-0.15, -0.1) is 0 Å². The van der Waals surface area contributed by atoms with Gasteiger partial charge in [0.1, 0.15) is 0 Å². The number of methoxy groups -OCH3 is 1. The Morgan fingerprint density at radius 1 is 1.29 bits per heavy atom. The molecule has 17 heavy (non-hydrogen) atoms. The van der Waals surface area contributed by atoms with Gasteiger partial charge in [0.25, 0.3) is 0 Å². The summed E-state index contributed by atoms with van der Waals surface area (Å²) < 4.78 is 12.5. The van der Waals surface area contributed by atoms with Gasteiger partial charge in [-0.3, -0.25) is 0 Å². The molecule has 0 aliphatic carbocycles. The fourth-order valence-electron chi connectivity index (χ4n) is 1.56. The van der Waals surface area contributed by atoms with Crippen molar-refractivity contribution in [1.29, 1.82) is 0 Å². The third-order valence-electron chi connectivity index (χ3n) is 2.49. The highest BCUT2D eigenvalue weighted by Gasteiger charge is 1.96. The zero-order valence-corrected chi connectivity index (χ0v) is 10.9. The van der Waals surface area contributed by atoms with Crippen LogP contribution in [0.1, 0.15) is 18.9 Å². The fourth-order valence-corrected chi connectivity index (χ4v) is 1.56. The molecule has 0 radical (unpaired) electrons. The number of aromatic nitrogens is 1. The monoisotopic (exact) mass is 240 g/mol. The van der Waals surface area contributed by atoms with Crippen molar-refractivity contribution in [3.63, 3.8) is 0 Å². The maximum atomic E-state index is 5.42.